The van der Waals surface area contributed by atoms with Gasteiger partial charge in [-0.15, -0.1) is 10.2 Å². The van der Waals surface area contributed by atoms with Crippen LogP contribution in [0.2, 0.25) is 0 Å². The van der Waals surface area contributed by atoms with Gasteiger partial charge < -0.3 is 14.4 Å². The van der Waals surface area contributed by atoms with Gasteiger partial charge in [0.15, 0.2) is 0 Å². The number of hydrogen-bond acceptors (Lipinski definition) is 5. The molecule has 7 heteroatoms. The van der Waals surface area contributed by atoms with Crippen molar-refractivity contribution in [3.8, 4) is 5.75 Å². The maximum absolute atomic E-state index is 11.6. The van der Waals surface area contributed by atoms with Gasteiger partial charge in [-0.2, -0.15) is 0 Å². The Kier molecular flexibility index (Phi) is 5.03. The highest BCUT2D eigenvalue weighted by molar-refractivity contribution is 5.73. The molecule has 0 bridgehead atoms. The second-order valence-electron chi connectivity index (χ2n) is 6.52. The smallest absolute Gasteiger partial charge is 0.322 e. The van der Waals surface area contributed by atoms with E-state index in [1.165, 1.54) is 0 Å². The third-order valence-electron chi connectivity index (χ3n) is 4.68. The summed E-state index contributed by atoms with van der Waals surface area (Å²) < 4.78 is 7.81. The minimum Gasteiger partial charge on any atom is -0.493 e. The van der Waals surface area contributed by atoms with Crippen LogP contribution in [0, 0.1) is 20.8 Å². The molecule has 0 spiro atoms. The van der Waals surface area contributed by atoms with Crippen LogP contribution in [0.15, 0.2) is 18.2 Å². The fourth-order valence-electron chi connectivity index (χ4n) is 3.30. The Balaban J connectivity index is 1.59. The zero-order chi connectivity index (χ0) is 18.0. The average molecular weight is 344 g/mol. The minimum absolute atomic E-state index is 0.390. The quantitative estimate of drug-likeness (QED) is 0.807. The Morgan fingerprint density at radius 1 is 1.28 bits per heavy atom. The molecule has 0 saturated carbocycles. The number of aromatic nitrogens is 3. The molecule has 25 heavy (non-hydrogen) atoms. The Bertz CT molecular complexity index is 751. The topological polar surface area (TPSA) is 80.5 Å². The average Bonchev–Trinajstić information content (AvgIpc) is 2.93. The number of ether oxygens (including phenoxy) is 1. The van der Waals surface area contributed by atoms with E-state index in [-0.39, 0.29) is 0 Å². The summed E-state index contributed by atoms with van der Waals surface area (Å²) >= 11 is 0. The van der Waals surface area contributed by atoms with Crippen molar-refractivity contribution in [2.45, 2.75) is 46.3 Å². The van der Waals surface area contributed by atoms with Crippen LogP contribution in [-0.2, 0) is 17.9 Å². The second kappa shape index (κ2) is 7.23. The normalized spacial score (nSPS) is 17.3. The molecule has 0 amide bonds. The number of carboxylic acids is 1. The molecule has 1 aromatic heterocycles. The van der Waals surface area contributed by atoms with Gasteiger partial charge in [-0.25, -0.2) is 0 Å². The highest BCUT2D eigenvalue weighted by Gasteiger charge is 2.32. The Morgan fingerprint density at radius 2 is 2.00 bits per heavy atom. The Labute approximate surface area is 147 Å². The van der Waals surface area contributed by atoms with Crippen molar-refractivity contribution < 1.29 is 14.6 Å². The molecule has 0 fully saturated rings. The van der Waals surface area contributed by atoms with Crippen LogP contribution in [0.1, 0.15) is 29.2 Å². The summed E-state index contributed by atoms with van der Waals surface area (Å²) in [6.45, 7) is 8.01. The Morgan fingerprint density at radius 3 is 2.68 bits per heavy atom. The van der Waals surface area contributed by atoms with Gasteiger partial charge in [-0.1, -0.05) is 18.2 Å². The fraction of sp³-hybridized carbons (Fsp3) is 0.500. The van der Waals surface area contributed by atoms with Gasteiger partial charge in [-0.05, 0) is 38.3 Å². The van der Waals surface area contributed by atoms with Crippen LogP contribution in [0.4, 0.5) is 0 Å². The van der Waals surface area contributed by atoms with Crippen LogP contribution < -0.4 is 4.74 Å². The van der Waals surface area contributed by atoms with Gasteiger partial charge in [0, 0.05) is 6.54 Å². The fourth-order valence-corrected chi connectivity index (χ4v) is 3.30. The minimum atomic E-state index is -0.811. The van der Waals surface area contributed by atoms with Gasteiger partial charge in [-0.3, -0.25) is 9.69 Å². The summed E-state index contributed by atoms with van der Waals surface area (Å²) in [6.07, 6.45) is 0.755. The second-order valence-corrected chi connectivity index (χ2v) is 6.52. The first-order valence-corrected chi connectivity index (χ1v) is 8.52. The summed E-state index contributed by atoms with van der Waals surface area (Å²) in [7, 11) is 0. The maximum Gasteiger partial charge on any atom is 0.322 e. The molecule has 1 aliphatic rings. The van der Waals surface area contributed by atoms with E-state index in [1.807, 2.05) is 48.4 Å². The van der Waals surface area contributed by atoms with Crippen molar-refractivity contribution in [1.82, 2.24) is 19.7 Å². The third-order valence-corrected chi connectivity index (χ3v) is 4.68. The van der Waals surface area contributed by atoms with Gasteiger partial charge in [0.2, 0.25) is 0 Å². The van der Waals surface area contributed by atoms with E-state index in [1.54, 1.807) is 0 Å². The number of rotatable bonds is 6. The predicted octanol–water partition coefficient (Wildman–Crippen LogP) is 1.94. The predicted molar refractivity (Wildman–Crippen MR) is 92.6 cm³/mol. The van der Waals surface area contributed by atoms with E-state index in [9.17, 15) is 9.90 Å². The number of benzene rings is 1. The van der Waals surface area contributed by atoms with Gasteiger partial charge in [0.1, 0.15) is 23.4 Å². The van der Waals surface area contributed by atoms with E-state index < -0.39 is 12.0 Å². The standard InChI is InChI=1S/C18H24N4O3/c1-12-6-4-7-13(2)17(12)25-9-5-8-21-11-16-20-19-14(3)22(16)10-15(21)18(23)24/h4,6-7,15H,5,8-11H2,1-3H3,(H,23,24). The lowest BCUT2D eigenvalue weighted by Gasteiger charge is -2.33. The molecule has 7 nitrogen and oxygen atoms in total. The summed E-state index contributed by atoms with van der Waals surface area (Å²) in [5, 5.41) is 17.7. The van der Waals surface area contributed by atoms with Crippen LogP contribution >= 0.6 is 0 Å². The van der Waals surface area contributed by atoms with Crippen LogP contribution in [0.25, 0.3) is 0 Å². The molecule has 3 rings (SSSR count). The zero-order valence-electron chi connectivity index (χ0n) is 14.9. The summed E-state index contributed by atoms with van der Waals surface area (Å²) in [4.78, 5) is 13.6. The lowest BCUT2D eigenvalue weighted by Crippen LogP contribution is -2.48. The zero-order valence-corrected chi connectivity index (χ0v) is 14.9. The molecule has 2 heterocycles. The SMILES string of the molecule is Cc1cccc(C)c1OCCCN1Cc2nnc(C)n2CC1C(=O)O. The number of aryl methyl sites for hydroxylation is 3. The summed E-state index contributed by atoms with van der Waals surface area (Å²) in [5.74, 6) is 1.70. The van der Waals surface area contributed by atoms with E-state index in [0.29, 0.717) is 26.2 Å². The molecule has 0 radical (unpaired) electrons. The largest absolute Gasteiger partial charge is 0.493 e. The molecule has 0 saturated heterocycles. The van der Waals surface area contributed by atoms with Crippen LogP contribution in [-0.4, -0.2) is 49.9 Å². The van der Waals surface area contributed by atoms with E-state index in [0.717, 1.165) is 34.9 Å². The first-order valence-electron chi connectivity index (χ1n) is 8.52. The monoisotopic (exact) mass is 344 g/mol. The van der Waals surface area contributed by atoms with Crippen molar-refractivity contribution in [3.63, 3.8) is 0 Å². The number of carboxylic acid groups (broad SMARTS) is 1. The van der Waals surface area contributed by atoms with Crippen molar-refractivity contribution in [2.75, 3.05) is 13.2 Å². The molecule has 134 valence electrons. The van der Waals surface area contributed by atoms with E-state index >= 15 is 0 Å². The van der Waals surface area contributed by atoms with Crippen molar-refractivity contribution in [2.24, 2.45) is 0 Å². The molecular weight excluding hydrogens is 320 g/mol. The first kappa shape index (κ1) is 17.4. The number of fused-ring (bicyclic) bond motifs is 1. The molecule has 1 unspecified atom stereocenters. The van der Waals surface area contributed by atoms with Crippen LogP contribution in [0.3, 0.4) is 0 Å². The number of hydrogen-bond donors (Lipinski definition) is 1. The third kappa shape index (κ3) is 3.66. The highest BCUT2D eigenvalue weighted by atomic mass is 16.5. The van der Waals surface area contributed by atoms with Crippen molar-refractivity contribution in [1.29, 1.82) is 0 Å². The number of nitrogens with zero attached hydrogens (tertiary/aromatic N) is 4. The molecule has 1 N–H and O–H groups in total. The number of carbonyl (C=O) groups is 1. The lowest BCUT2D eigenvalue weighted by atomic mass is 10.1. The first-order chi connectivity index (χ1) is 12.0. The molecule has 1 atom stereocenters. The molecular formula is C18H24N4O3. The van der Waals surface area contributed by atoms with Gasteiger partial charge >= 0.3 is 5.97 Å². The highest BCUT2D eigenvalue weighted by Crippen LogP contribution is 2.23. The number of aliphatic carboxylic acids is 1. The summed E-state index contributed by atoms with van der Waals surface area (Å²) in [6, 6.07) is 5.52. The summed E-state index contributed by atoms with van der Waals surface area (Å²) in [5.41, 5.74) is 2.23. The number of para-hydroxylation sites is 1. The molecule has 1 aliphatic heterocycles. The van der Waals surface area contributed by atoms with E-state index in [4.69, 9.17) is 4.74 Å². The van der Waals surface area contributed by atoms with Crippen molar-refractivity contribution in [3.05, 3.63) is 41.0 Å². The van der Waals surface area contributed by atoms with Crippen molar-refractivity contribution >= 4 is 5.97 Å². The lowest BCUT2D eigenvalue weighted by molar-refractivity contribution is -0.145. The van der Waals surface area contributed by atoms with Gasteiger partial charge in [0.05, 0.1) is 19.7 Å². The van der Waals surface area contributed by atoms with Crippen LogP contribution in [0.5, 0.6) is 5.75 Å². The Hall–Kier alpha value is -2.41. The molecule has 1 aromatic carbocycles. The van der Waals surface area contributed by atoms with E-state index in [2.05, 4.69) is 10.2 Å². The van der Waals surface area contributed by atoms with Gasteiger partial charge in [0.25, 0.3) is 0 Å². The molecule has 2 aromatic rings. The maximum atomic E-state index is 11.6. The molecule has 0 aliphatic carbocycles.